The Morgan fingerprint density at radius 3 is 2.63 bits per heavy atom. The van der Waals surface area contributed by atoms with Crippen molar-refractivity contribution >= 4 is 21.6 Å². The molecule has 0 saturated heterocycles. The van der Waals surface area contributed by atoms with Crippen molar-refractivity contribution in [1.29, 1.82) is 0 Å². The Kier molecular flexibility index (Phi) is 5.55. The lowest BCUT2D eigenvalue weighted by molar-refractivity contribution is 0.367. The minimum Gasteiger partial charge on any atom is -0.378 e. The molecule has 19 heavy (non-hydrogen) atoms. The fourth-order valence-electron chi connectivity index (χ4n) is 1.46. The zero-order valence-corrected chi connectivity index (χ0v) is 13.9. The zero-order valence-electron chi connectivity index (χ0n) is 12.3. The summed E-state index contributed by atoms with van der Waals surface area (Å²) in [4.78, 5) is 14.2. The van der Waals surface area contributed by atoms with E-state index < -0.39 is 0 Å². The number of aromatic nitrogens is 2. The summed E-state index contributed by atoms with van der Waals surface area (Å²) in [6.07, 6.45) is 2.67. The lowest BCUT2D eigenvalue weighted by Gasteiger charge is -2.26. The minimum atomic E-state index is -0.0984. The van der Waals surface area contributed by atoms with Gasteiger partial charge in [0.1, 0.15) is 4.47 Å². The minimum absolute atomic E-state index is 0.0630. The fourth-order valence-corrected chi connectivity index (χ4v) is 1.87. The van der Waals surface area contributed by atoms with E-state index in [9.17, 15) is 4.79 Å². The van der Waals surface area contributed by atoms with Crippen molar-refractivity contribution in [3.05, 3.63) is 21.0 Å². The molecule has 0 amide bonds. The second-order valence-electron chi connectivity index (χ2n) is 5.57. The lowest BCUT2D eigenvalue weighted by Crippen LogP contribution is -2.33. The second-order valence-corrected chi connectivity index (χ2v) is 6.36. The summed E-state index contributed by atoms with van der Waals surface area (Å²) >= 11 is 3.37. The molecule has 5 nitrogen and oxygen atoms in total. The predicted molar refractivity (Wildman–Crippen MR) is 82.7 cm³/mol. The predicted octanol–water partition coefficient (Wildman–Crippen LogP) is 2.17. The van der Waals surface area contributed by atoms with E-state index in [1.54, 1.807) is 6.20 Å². The van der Waals surface area contributed by atoms with Crippen LogP contribution in [0, 0.1) is 0 Å². The summed E-state index contributed by atoms with van der Waals surface area (Å²) in [5.41, 5.74) is 0.587. The number of halogens is 1. The van der Waals surface area contributed by atoms with Gasteiger partial charge in [-0.1, -0.05) is 6.92 Å². The molecule has 0 bridgehead atoms. The van der Waals surface area contributed by atoms with E-state index in [1.165, 1.54) is 4.68 Å². The molecule has 0 aliphatic carbocycles. The maximum absolute atomic E-state index is 12.2. The molecule has 6 heteroatoms. The summed E-state index contributed by atoms with van der Waals surface area (Å²) in [5.74, 6) is 0. The lowest BCUT2D eigenvalue weighted by atomic mass is 10.0. The van der Waals surface area contributed by atoms with Crippen LogP contribution in [0.5, 0.6) is 0 Å². The maximum atomic E-state index is 12.2. The fraction of sp³-hybridized carbons (Fsp3) is 0.692. The van der Waals surface area contributed by atoms with Gasteiger partial charge in [0.2, 0.25) is 0 Å². The van der Waals surface area contributed by atoms with Gasteiger partial charge in [-0.15, -0.1) is 0 Å². The highest BCUT2D eigenvalue weighted by Crippen LogP contribution is 2.22. The standard InChI is InChI=1S/C13H23BrN4O/c1-6-13(2,3)16-10-9-15-18(8-7-17(4)5)12(19)11(10)14/h9,16H,6-8H2,1-5H3. The molecule has 1 heterocycles. The number of nitrogens with one attached hydrogen (secondary N) is 1. The van der Waals surface area contributed by atoms with Gasteiger partial charge in [0.15, 0.2) is 0 Å². The number of rotatable bonds is 6. The number of hydrogen-bond acceptors (Lipinski definition) is 4. The van der Waals surface area contributed by atoms with Crippen LogP contribution in [0.4, 0.5) is 5.69 Å². The Morgan fingerprint density at radius 2 is 2.11 bits per heavy atom. The van der Waals surface area contributed by atoms with Crippen molar-refractivity contribution in [3.8, 4) is 0 Å². The van der Waals surface area contributed by atoms with Gasteiger partial charge >= 0.3 is 0 Å². The normalized spacial score (nSPS) is 11.9. The van der Waals surface area contributed by atoms with Crippen LogP contribution in [-0.4, -0.2) is 40.9 Å². The third-order valence-electron chi connectivity index (χ3n) is 3.10. The third-order valence-corrected chi connectivity index (χ3v) is 3.87. The summed E-state index contributed by atoms with van der Waals surface area (Å²) in [6.45, 7) is 7.66. The Hall–Kier alpha value is -0.880. The van der Waals surface area contributed by atoms with Crippen molar-refractivity contribution in [3.63, 3.8) is 0 Å². The first-order valence-corrected chi connectivity index (χ1v) is 7.24. The number of likely N-dealkylation sites (N-methyl/N-ethyl adjacent to an activating group) is 1. The van der Waals surface area contributed by atoms with E-state index >= 15 is 0 Å². The van der Waals surface area contributed by atoms with Gasteiger partial charge in [-0.25, -0.2) is 4.68 Å². The van der Waals surface area contributed by atoms with Crippen LogP contribution in [0.1, 0.15) is 27.2 Å². The van der Waals surface area contributed by atoms with Crippen LogP contribution in [0.2, 0.25) is 0 Å². The molecular weight excluding hydrogens is 308 g/mol. The Morgan fingerprint density at radius 1 is 1.47 bits per heavy atom. The molecular formula is C13H23BrN4O. The van der Waals surface area contributed by atoms with Crippen molar-refractivity contribution < 1.29 is 0 Å². The summed E-state index contributed by atoms with van der Waals surface area (Å²) in [6, 6.07) is 0. The van der Waals surface area contributed by atoms with Crippen molar-refractivity contribution in [2.75, 3.05) is 26.0 Å². The van der Waals surface area contributed by atoms with Crippen LogP contribution in [0.15, 0.2) is 15.5 Å². The average molecular weight is 331 g/mol. The van der Waals surface area contributed by atoms with Gasteiger partial charge in [-0.2, -0.15) is 5.10 Å². The van der Waals surface area contributed by atoms with Crippen molar-refractivity contribution in [2.45, 2.75) is 39.3 Å². The van der Waals surface area contributed by atoms with Gasteiger partial charge in [0.25, 0.3) is 5.56 Å². The largest absolute Gasteiger partial charge is 0.378 e. The molecule has 1 N–H and O–H groups in total. The van der Waals surface area contributed by atoms with E-state index in [1.807, 2.05) is 19.0 Å². The van der Waals surface area contributed by atoms with Crippen molar-refractivity contribution in [2.24, 2.45) is 0 Å². The van der Waals surface area contributed by atoms with Crippen molar-refractivity contribution in [1.82, 2.24) is 14.7 Å². The molecule has 0 saturated carbocycles. The first-order valence-electron chi connectivity index (χ1n) is 6.45. The molecule has 1 rings (SSSR count). The molecule has 1 aromatic rings. The smallest absolute Gasteiger partial charge is 0.283 e. The number of nitrogens with zero attached hydrogens (tertiary/aromatic N) is 3. The highest BCUT2D eigenvalue weighted by atomic mass is 79.9. The molecule has 0 aromatic carbocycles. The van der Waals surface area contributed by atoms with Gasteiger partial charge in [-0.3, -0.25) is 4.79 Å². The molecule has 1 aromatic heterocycles. The van der Waals surface area contributed by atoms with Crippen LogP contribution in [-0.2, 0) is 6.54 Å². The first-order chi connectivity index (χ1) is 8.76. The molecule has 0 spiro atoms. The topological polar surface area (TPSA) is 50.2 Å². The maximum Gasteiger partial charge on any atom is 0.283 e. The van der Waals surface area contributed by atoms with Crippen LogP contribution in [0.3, 0.4) is 0 Å². The van der Waals surface area contributed by atoms with E-state index in [2.05, 4.69) is 47.1 Å². The molecule has 108 valence electrons. The third kappa shape index (κ3) is 4.62. The molecule has 0 aliphatic heterocycles. The van der Waals surface area contributed by atoms with Gasteiger partial charge < -0.3 is 10.2 Å². The SMILES string of the molecule is CCC(C)(C)Nc1cnn(CCN(C)C)c(=O)c1Br. The molecule has 0 fully saturated rings. The van der Waals surface area contributed by atoms with E-state index in [4.69, 9.17) is 0 Å². The number of hydrogen-bond donors (Lipinski definition) is 1. The molecule has 0 unspecified atom stereocenters. The van der Waals surface area contributed by atoms with E-state index in [0.29, 0.717) is 11.0 Å². The van der Waals surface area contributed by atoms with E-state index in [0.717, 1.165) is 18.7 Å². The van der Waals surface area contributed by atoms with Crippen LogP contribution in [0.25, 0.3) is 0 Å². The quantitative estimate of drug-likeness (QED) is 0.868. The molecule has 0 atom stereocenters. The summed E-state index contributed by atoms with van der Waals surface area (Å²) in [7, 11) is 3.94. The second kappa shape index (κ2) is 6.52. The Labute approximate surface area is 123 Å². The van der Waals surface area contributed by atoms with Gasteiger partial charge in [0.05, 0.1) is 18.4 Å². The Bertz CT molecular complexity index is 482. The van der Waals surface area contributed by atoms with Crippen LogP contribution >= 0.6 is 15.9 Å². The average Bonchev–Trinajstić information content (AvgIpc) is 2.34. The Balaban J connectivity index is 2.95. The van der Waals surface area contributed by atoms with E-state index in [-0.39, 0.29) is 11.1 Å². The van der Waals surface area contributed by atoms with Gasteiger partial charge in [-0.05, 0) is 50.3 Å². The first kappa shape index (κ1) is 16.2. The van der Waals surface area contributed by atoms with Crippen LogP contribution < -0.4 is 10.9 Å². The van der Waals surface area contributed by atoms with Gasteiger partial charge in [0, 0.05) is 12.1 Å². The zero-order chi connectivity index (χ0) is 14.6. The monoisotopic (exact) mass is 330 g/mol. The number of anilines is 1. The highest BCUT2D eigenvalue weighted by Gasteiger charge is 2.18. The molecule has 0 radical (unpaired) electrons. The summed E-state index contributed by atoms with van der Waals surface area (Å²) in [5, 5.41) is 7.55. The summed E-state index contributed by atoms with van der Waals surface area (Å²) < 4.78 is 2.02. The molecule has 0 aliphatic rings. The highest BCUT2D eigenvalue weighted by molar-refractivity contribution is 9.10.